The number of hydrogen-bond acceptors (Lipinski definition) is 2. The Morgan fingerprint density at radius 2 is 2.23 bits per heavy atom. The molecule has 1 saturated heterocycles. The van der Waals surface area contributed by atoms with E-state index in [1.54, 1.807) is 4.90 Å². The molecule has 76 valence electrons. The van der Waals surface area contributed by atoms with Crippen LogP contribution in [0.1, 0.15) is 26.2 Å². The van der Waals surface area contributed by atoms with Crippen LogP contribution < -0.4 is 0 Å². The molecule has 4 heteroatoms. The van der Waals surface area contributed by atoms with Crippen molar-refractivity contribution < 1.29 is 9.90 Å². The molecule has 1 aliphatic heterocycles. The molecule has 0 unspecified atom stereocenters. The third-order valence-corrected chi connectivity index (χ3v) is 2.74. The van der Waals surface area contributed by atoms with Crippen molar-refractivity contribution in [3.05, 3.63) is 0 Å². The second-order valence-corrected chi connectivity index (χ2v) is 4.46. The maximum absolute atomic E-state index is 11.3. The topological polar surface area (TPSA) is 40.5 Å². The van der Waals surface area contributed by atoms with Gasteiger partial charge in [-0.3, -0.25) is 4.79 Å². The number of aliphatic hydroxyl groups is 1. The van der Waals surface area contributed by atoms with Gasteiger partial charge in [0.25, 0.3) is 0 Å². The Kier molecular flexibility index (Phi) is 3.74. The van der Waals surface area contributed by atoms with E-state index in [1.165, 1.54) is 0 Å². The van der Waals surface area contributed by atoms with Crippen molar-refractivity contribution in [3.8, 4) is 0 Å². The highest BCUT2D eigenvalue weighted by Gasteiger charge is 2.42. The van der Waals surface area contributed by atoms with Crippen molar-refractivity contribution in [1.29, 1.82) is 0 Å². The van der Waals surface area contributed by atoms with E-state index in [-0.39, 0.29) is 5.91 Å². The number of amides is 1. The number of nitrogens with zero attached hydrogens (tertiary/aromatic N) is 1. The number of alkyl halides is 1. The van der Waals surface area contributed by atoms with Crippen LogP contribution in [0.25, 0.3) is 0 Å². The third-order valence-electron chi connectivity index (χ3n) is 2.35. The number of carbonyl (C=O) groups is 1. The molecule has 1 heterocycles. The van der Waals surface area contributed by atoms with Crippen molar-refractivity contribution in [2.75, 3.05) is 18.4 Å². The summed E-state index contributed by atoms with van der Waals surface area (Å²) in [5.74, 6) is 0.137. The van der Waals surface area contributed by atoms with Crippen LogP contribution in [0, 0.1) is 0 Å². The molecule has 1 N–H and O–H groups in total. The molecule has 0 spiro atoms. The predicted molar refractivity (Wildman–Crippen MR) is 54.8 cm³/mol. The van der Waals surface area contributed by atoms with E-state index in [1.807, 2.05) is 6.92 Å². The molecule has 1 rings (SSSR count). The van der Waals surface area contributed by atoms with Gasteiger partial charge in [-0.15, -0.1) is 0 Å². The van der Waals surface area contributed by atoms with Gasteiger partial charge in [0.1, 0.15) is 0 Å². The monoisotopic (exact) mass is 249 g/mol. The third kappa shape index (κ3) is 2.68. The molecular formula is C9H16BrNO2. The van der Waals surface area contributed by atoms with E-state index in [9.17, 15) is 9.90 Å². The minimum absolute atomic E-state index is 0.137. The second kappa shape index (κ2) is 4.42. The van der Waals surface area contributed by atoms with E-state index in [4.69, 9.17) is 0 Å². The maximum atomic E-state index is 11.3. The average Bonchev–Trinajstić information content (AvgIpc) is 2.01. The minimum Gasteiger partial charge on any atom is -0.386 e. The molecule has 1 amide bonds. The summed E-state index contributed by atoms with van der Waals surface area (Å²) in [4.78, 5) is 13.0. The zero-order valence-corrected chi connectivity index (χ0v) is 9.51. The van der Waals surface area contributed by atoms with Gasteiger partial charge in [0, 0.05) is 11.8 Å². The zero-order chi connectivity index (χ0) is 9.90. The second-order valence-electron chi connectivity index (χ2n) is 3.66. The molecule has 3 nitrogen and oxygen atoms in total. The highest BCUT2D eigenvalue weighted by Crippen LogP contribution is 2.26. The lowest BCUT2D eigenvalue weighted by Crippen LogP contribution is -2.63. The van der Waals surface area contributed by atoms with Crippen LogP contribution in [0.5, 0.6) is 0 Å². The fourth-order valence-electron chi connectivity index (χ4n) is 1.70. The van der Waals surface area contributed by atoms with Gasteiger partial charge in [-0.25, -0.2) is 0 Å². The first-order valence-electron chi connectivity index (χ1n) is 4.67. The first kappa shape index (κ1) is 11.0. The van der Waals surface area contributed by atoms with Crippen LogP contribution in [-0.2, 0) is 4.79 Å². The highest BCUT2D eigenvalue weighted by atomic mass is 79.9. The molecule has 0 saturated carbocycles. The van der Waals surface area contributed by atoms with Gasteiger partial charge in [-0.2, -0.15) is 0 Å². The highest BCUT2D eigenvalue weighted by molar-refractivity contribution is 9.09. The predicted octanol–water partition coefficient (Wildman–Crippen LogP) is 1.14. The van der Waals surface area contributed by atoms with Crippen molar-refractivity contribution in [1.82, 2.24) is 4.90 Å². The quantitative estimate of drug-likeness (QED) is 0.760. The van der Waals surface area contributed by atoms with Crippen LogP contribution in [0.15, 0.2) is 0 Å². The Hall–Kier alpha value is -0.0900. The van der Waals surface area contributed by atoms with E-state index in [2.05, 4.69) is 15.9 Å². The summed E-state index contributed by atoms with van der Waals surface area (Å²) in [5, 5.41) is 10.5. The number of rotatable bonds is 4. The molecule has 13 heavy (non-hydrogen) atoms. The van der Waals surface area contributed by atoms with Crippen LogP contribution in [-0.4, -0.2) is 39.9 Å². The average molecular weight is 250 g/mol. The van der Waals surface area contributed by atoms with Crippen LogP contribution in [0.4, 0.5) is 0 Å². The summed E-state index contributed by atoms with van der Waals surface area (Å²) in [6.45, 7) is 3.08. The minimum atomic E-state index is -0.587. The summed E-state index contributed by atoms with van der Waals surface area (Å²) in [6, 6.07) is 0. The fraction of sp³-hybridized carbons (Fsp3) is 0.889. The summed E-state index contributed by atoms with van der Waals surface area (Å²) >= 11 is 3.22. The number of carbonyl (C=O) groups excluding carboxylic acids is 1. The standard InChI is InChI=1S/C9H16BrNO2/c1-2-4-9(13)6-11(7-9)8(12)3-5-10/h13H,2-7H2,1H3. The number of β-amino-alcohol motifs (C(OH)–C–C–N with tert-alkyl or cyclic N) is 1. The smallest absolute Gasteiger partial charge is 0.223 e. The summed E-state index contributed by atoms with van der Waals surface area (Å²) in [7, 11) is 0. The van der Waals surface area contributed by atoms with Crippen LogP contribution in [0.2, 0.25) is 0 Å². The Morgan fingerprint density at radius 3 is 2.69 bits per heavy atom. The molecule has 0 aromatic carbocycles. The summed E-state index contributed by atoms with van der Waals surface area (Å²) < 4.78 is 0. The summed E-state index contributed by atoms with van der Waals surface area (Å²) in [6.07, 6.45) is 2.30. The van der Waals surface area contributed by atoms with Crippen molar-refractivity contribution in [2.24, 2.45) is 0 Å². The van der Waals surface area contributed by atoms with Gasteiger partial charge in [0.15, 0.2) is 0 Å². The maximum Gasteiger partial charge on any atom is 0.223 e. The largest absolute Gasteiger partial charge is 0.386 e. The first-order chi connectivity index (χ1) is 6.11. The number of hydrogen-bond donors (Lipinski definition) is 1. The van der Waals surface area contributed by atoms with Crippen molar-refractivity contribution in [3.63, 3.8) is 0 Å². The van der Waals surface area contributed by atoms with Crippen molar-refractivity contribution in [2.45, 2.75) is 31.8 Å². The number of halogens is 1. The molecule has 0 bridgehead atoms. The first-order valence-corrected chi connectivity index (χ1v) is 5.79. The Labute approximate surface area is 87.2 Å². The fourth-order valence-corrected chi connectivity index (χ4v) is 2.04. The van der Waals surface area contributed by atoms with Gasteiger partial charge in [0.05, 0.1) is 18.7 Å². The van der Waals surface area contributed by atoms with Crippen molar-refractivity contribution >= 4 is 21.8 Å². The van der Waals surface area contributed by atoms with E-state index < -0.39 is 5.60 Å². The SMILES string of the molecule is CCCC1(O)CN(C(=O)CCBr)C1. The lowest BCUT2D eigenvalue weighted by molar-refractivity contribution is -0.156. The molecule has 0 atom stereocenters. The van der Waals surface area contributed by atoms with E-state index >= 15 is 0 Å². The molecule has 0 aromatic heterocycles. The van der Waals surface area contributed by atoms with Gasteiger partial charge >= 0.3 is 0 Å². The zero-order valence-electron chi connectivity index (χ0n) is 7.92. The molecule has 0 aromatic rings. The van der Waals surface area contributed by atoms with E-state index in [0.717, 1.165) is 12.8 Å². The van der Waals surface area contributed by atoms with Crippen LogP contribution >= 0.6 is 15.9 Å². The van der Waals surface area contributed by atoms with Gasteiger partial charge < -0.3 is 10.0 Å². The molecule has 1 aliphatic rings. The Bertz CT molecular complexity index is 190. The lowest BCUT2D eigenvalue weighted by Gasteiger charge is -2.46. The molecule has 0 aliphatic carbocycles. The van der Waals surface area contributed by atoms with Crippen LogP contribution in [0.3, 0.4) is 0 Å². The normalized spacial score (nSPS) is 19.8. The number of likely N-dealkylation sites (tertiary alicyclic amines) is 1. The Morgan fingerprint density at radius 1 is 1.62 bits per heavy atom. The van der Waals surface area contributed by atoms with Gasteiger partial charge in [-0.1, -0.05) is 29.3 Å². The molecule has 1 fully saturated rings. The molecule has 0 radical (unpaired) electrons. The van der Waals surface area contributed by atoms with Gasteiger partial charge in [-0.05, 0) is 6.42 Å². The van der Waals surface area contributed by atoms with Gasteiger partial charge in [0.2, 0.25) is 5.91 Å². The lowest BCUT2D eigenvalue weighted by atomic mass is 9.89. The van der Waals surface area contributed by atoms with E-state index in [0.29, 0.717) is 24.8 Å². The molecular weight excluding hydrogens is 234 g/mol. The Balaban J connectivity index is 2.27. The summed E-state index contributed by atoms with van der Waals surface area (Å²) in [5.41, 5.74) is -0.587.